The summed E-state index contributed by atoms with van der Waals surface area (Å²) in [5.74, 6) is -0.788. The summed E-state index contributed by atoms with van der Waals surface area (Å²) in [6, 6.07) is 15.3. The molecule has 186 valence electrons. The van der Waals surface area contributed by atoms with Crippen molar-refractivity contribution in [3.63, 3.8) is 0 Å². The summed E-state index contributed by atoms with van der Waals surface area (Å²) < 4.78 is 16.3. The lowest BCUT2D eigenvalue weighted by Crippen LogP contribution is -2.29. The molecular formula is C28H27NO7. The van der Waals surface area contributed by atoms with Crippen molar-refractivity contribution in [1.29, 1.82) is 0 Å². The number of carbonyl (C=O) groups excluding carboxylic acids is 2. The minimum atomic E-state index is -1.04. The van der Waals surface area contributed by atoms with Gasteiger partial charge in [-0.25, -0.2) is 0 Å². The molecule has 2 N–H and O–H groups in total. The number of methoxy groups -OCH3 is 2. The highest BCUT2D eigenvalue weighted by Crippen LogP contribution is 2.46. The van der Waals surface area contributed by atoms with Crippen molar-refractivity contribution in [3.8, 4) is 23.0 Å². The van der Waals surface area contributed by atoms with E-state index in [9.17, 15) is 19.8 Å². The fraction of sp³-hybridized carbons (Fsp3) is 0.214. The van der Waals surface area contributed by atoms with Crippen molar-refractivity contribution in [2.75, 3.05) is 25.7 Å². The third kappa shape index (κ3) is 4.33. The minimum Gasteiger partial charge on any atom is -0.507 e. The van der Waals surface area contributed by atoms with Crippen LogP contribution in [0.3, 0.4) is 0 Å². The summed E-state index contributed by atoms with van der Waals surface area (Å²) in [6.45, 7) is 4.00. The van der Waals surface area contributed by atoms with Gasteiger partial charge in [0.05, 0.1) is 38.1 Å². The Bertz CT molecular complexity index is 1340. The molecule has 36 heavy (non-hydrogen) atoms. The molecule has 3 aromatic rings. The molecule has 1 aliphatic rings. The number of amides is 1. The molecule has 1 unspecified atom stereocenters. The Morgan fingerprint density at radius 2 is 1.67 bits per heavy atom. The fourth-order valence-electron chi connectivity index (χ4n) is 4.26. The molecule has 8 heteroatoms. The van der Waals surface area contributed by atoms with E-state index in [0.29, 0.717) is 35.0 Å². The SMILES string of the molecule is CCOc1cc(C2/C(=C(/O)c3ccc(OC)cc3)C(=O)C(=O)N2c2cc(C)ccc2O)ccc1OC. The van der Waals surface area contributed by atoms with Gasteiger partial charge in [0.25, 0.3) is 11.7 Å². The van der Waals surface area contributed by atoms with Gasteiger partial charge in [-0.15, -0.1) is 0 Å². The highest BCUT2D eigenvalue weighted by Gasteiger charge is 2.48. The molecule has 0 aliphatic carbocycles. The maximum absolute atomic E-state index is 13.4. The molecule has 0 radical (unpaired) electrons. The summed E-state index contributed by atoms with van der Waals surface area (Å²) in [4.78, 5) is 28.0. The van der Waals surface area contributed by atoms with Crippen LogP contribution >= 0.6 is 0 Å². The van der Waals surface area contributed by atoms with Gasteiger partial charge in [0, 0.05) is 5.56 Å². The van der Waals surface area contributed by atoms with E-state index < -0.39 is 17.7 Å². The van der Waals surface area contributed by atoms with Gasteiger partial charge in [-0.05, 0) is 73.5 Å². The van der Waals surface area contributed by atoms with Gasteiger partial charge in [-0.2, -0.15) is 0 Å². The Labute approximate surface area is 209 Å². The number of aliphatic hydroxyl groups is 1. The lowest BCUT2D eigenvalue weighted by Gasteiger charge is -2.27. The fourth-order valence-corrected chi connectivity index (χ4v) is 4.26. The molecule has 1 fully saturated rings. The summed E-state index contributed by atoms with van der Waals surface area (Å²) >= 11 is 0. The number of Topliss-reactive ketones (excluding diaryl/α,β-unsaturated/α-hetero) is 1. The number of rotatable bonds is 7. The van der Waals surface area contributed by atoms with Gasteiger partial charge < -0.3 is 24.4 Å². The second-order valence-corrected chi connectivity index (χ2v) is 8.23. The van der Waals surface area contributed by atoms with Crippen LogP contribution in [0.5, 0.6) is 23.0 Å². The first kappa shape index (κ1) is 24.7. The maximum atomic E-state index is 13.4. The number of phenolic OH excluding ortho intramolecular Hbond substituents is 1. The Morgan fingerprint density at radius 1 is 0.944 bits per heavy atom. The summed E-state index contributed by atoms with van der Waals surface area (Å²) in [5.41, 5.74) is 1.66. The van der Waals surface area contributed by atoms with E-state index in [4.69, 9.17) is 14.2 Å². The third-order valence-corrected chi connectivity index (χ3v) is 6.00. The van der Waals surface area contributed by atoms with Crippen LogP contribution in [0.25, 0.3) is 5.76 Å². The average Bonchev–Trinajstić information content (AvgIpc) is 3.15. The lowest BCUT2D eigenvalue weighted by atomic mass is 9.94. The van der Waals surface area contributed by atoms with Gasteiger partial charge in [-0.3, -0.25) is 14.5 Å². The van der Waals surface area contributed by atoms with E-state index in [1.165, 1.54) is 25.2 Å². The Hall–Kier alpha value is -4.46. The molecule has 1 amide bonds. The second-order valence-electron chi connectivity index (χ2n) is 8.23. The van der Waals surface area contributed by atoms with Crippen molar-refractivity contribution in [3.05, 3.63) is 82.9 Å². The number of nitrogens with zero attached hydrogens (tertiary/aromatic N) is 1. The Balaban J connectivity index is 1.98. The number of ketones is 1. The van der Waals surface area contributed by atoms with Crippen molar-refractivity contribution < 1.29 is 34.0 Å². The van der Waals surface area contributed by atoms with Crippen LogP contribution in [0.2, 0.25) is 0 Å². The number of ether oxygens (including phenoxy) is 3. The molecule has 1 atom stereocenters. The number of benzene rings is 3. The number of hydrogen-bond acceptors (Lipinski definition) is 7. The quantitative estimate of drug-likeness (QED) is 0.280. The van der Waals surface area contributed by atoms with E-state index in [0.717, 1.165) is 5.56 Å². The van der Waals surface area contributed by atoms with Crippen LogP contribution in [0.1, 0.15) is 29.7 Å². The minimum absolute atomic E-state index is 0.112. The molecule has 0 spiro atoms. The first-order valence-corrected chi connectivity index (χ1v) is 11.4. The molecule has 0 saturated carbocycles. The number of aliphatic hydroxyl groups excluding tert-OH is 1. The lowest BCUT2D eigenvalue weighted by molar-refractivity contribution is -0.132. The van der Waals surface area contributed by atoms with Crippen molar-refractivity contribution >= 4 is 23.1 Å². The summed E-state index contributed by atoms with van der Waals surface area (Å²) in [7, 11) is 3.03. The highest BCUT2D eigenvalue weighted by molar-refractivity contribution is 6.52. The largest absolute Gasteiger partial charge is 0.507 e. The number of hydrogen-bond donors (Lipinski definition) is 2. The molecule has 3 aromatic carbocycles. The van der Waals surface area contributed by atoms with E-state index >= 15 is 0 Å². The third-order valence-electron chi connectivity index (χ3n) is 6.00. The van der Waals surface area contributed by atoms with Crippen molar-refractivity contribution in [2.45, 2.75) is 19.9 Å². The number of anilines is 1. The van der Waals surface area contributed by atoms with Crippen molar-refractivity contribution in [1.82, 2.24) is 0 Å². The maximum Gasteiger partial charge on any atom is 0.300 e. The van der Waals surface area contributed by atoms with E-state index in [1.54, 1.807) is 54.6 Å². The Kier molecular flexibility index (Phi) is 6.87. The zero-order valence-corrected chi connectivity index (χ0v) is 20.4. The smallest absolute Gasteiger partial charge is 0.300 e. The van der Waals surface area contributed by atoms with E-state index in [-0.39, 0.29) is 22.8 Å². The molecule has 8 nitrogen and oxygen atoms in total. The molecule has 4 rings (SSSR count). The van der Waals surface area contributed by atoms with Crippen LogP contribution in [0, 0.1) is 6.92 Å². The number of carbonyl (C=O) groups is 2. The second kappa shape index (κ2) is 10.0. The van der Waals surface area contributed by atoms with Gasteiger partial charge in [0.2, 0.25) is 0 Å². The number of aryl methyl sites for hydroxylation is 1. The molecule has 0 aromatic heterocycles. The average molecular weight is 490 g/mol. The molecule has 0 bridgehead atoms. The van der Waals surface area contributed by atoms with Crippen LogP contribution in [-0.4, -0.2) is 42.7 Å². The summed E-state index contributed by atoms with van der Waals surface area (Å²) in [6.07, 6.45) is 0. The topological polar surface area (TPSA) is 106 Å². The predicted octanol–water partition coefficient (Wildman–Crippen LogP) is 4.74. The molecule has 1 saturated heterocycles. The first-order valence-electron chi connectivity index (χ1n) is 11.4. The first-order chi connectivity index (χ1) is 17.3. The number of aromatic hydroxyl groups is 1. The standard InChI is InChI=1S/C28H27NO7/c1-5-36-23-15-18(9-13-22(23)35-4)25-24(26(31)17-7-10-19(34-3)11-8-17)27(32)28(33)29(25)20-14-16(2)6-12-21(20)30/h6-15,25,30-31H,5H2,1-4H3/b26-24-. The molecule has 1 heterocycles. The highest BCUT2D eigenvalue weighted by atomic mass is 16.5. The van der Waals surface area contributed by atoms with E-state index in [2.05, 4.69) is 0 Å². The van der Waals surface area contributed by atoms with Crippen LogP contribution in [0.4, 0.5) is 5.69 Å². The summed E-state index contributed by atoms with van der Waals surface area (Å²) in [5, 5.41) is 21.9. The van der Waals surface area contributed by atoms with E-state index in [1.807, 2.05) is 13.8 Å². The molecule has 1 aliphatic heterocycles. The zero-order chi connectivity index (χ0) is 26.0. The van der Waals surface area contributed by atoms with Crippen molar-refractivity contribution in [2.24, 2.45) is 0 Å². The van der Waals surface area contributed by atoms with Crippen LogP contribution in [0.15, 0.2) is 66.2 Å². The monoisotopic (exact) mass is 489 g/mol. The number of phenols is 1. The van der Waals surface area contributed by atoms with Crippen LogP contribution in [-0.2, 0) is 9.59 Å². The Morgan fingerprint density at radius 3 is 2.31 bits per heavy atom. The predicted molar refractivity (Wildman–Crippen MR) is 135 cm³/mol. The van der Waals surface area contributed by atoms with Gasteiger partial charge in [0.1, 0.15) is 17.3 Å². The van der Waals surface area contributed by atoms with Gasteiger partial charge in [-0.1, -0.05) is 12.1 Å². The van der Waals surface area contributed by atoms with Gasteiger partial charge in [0.15, 0.2) is 11.5 Å². The van der Waals surface area contributed by atoms with Gasteiger partial charge >= 0.3 is 0 Å². The van der Waals surface area contributed by atoms with Crippen LogP contribution < -0.4 is 19.1 Å². The zero-order valence-electron chi connectivity index (χ0n) is 20.4. The normalized spacial score (nSPS) is 16.8. The molecular weight excluding hydrogens is 462 g/mol.